The molecule has 6 heteroatoms. The smallest absolute Gasteiger partial charge is 0.208 e. The summed E-state index contributed by atoms with van der Waals surface area (Å²) in [6.45, 7) is 10.8. The fraction of sp³-hybridized carbons (Fsp3) is 0.846. The van der Waals surface area contributed by atoms with Gasteiger partial charge in [-0.25, -0.2) is 0 Å². The van der Waals surface area contributed by atoms with Gasteiger partial charge in [-0.1, -0.05) is 25.2 Å². The molecule has 1 fully saturated rings. The molecular formula is C13H24N4OS. The van der Waals surface area contributed by atoms with Crippen LogP contribution in [0.4, 0.5) is 5.13 Å². The van der Waals surface area contributed by atoms with Crippen molar-refractivity contribution >= 4 is 16.5 Å². The van der Waals surface area contributed by atoms with Gasteiger partial charge in [0.05, 0.1) is 0 Å². The number of piperazine rings is 1. The lowest BCUT2D eigenvalue weighted by molar-refractivity contribution is 0.129. The topological polar surface area (TPSA) is 52.5 Å². The zero-order valence-corrected chi connectivity index (χ0v) is 12.9. The van der Waals surface area contributed by atoms with E-state index in [1.54, 1.807) is 11.3 Å². The molecule has 0 aliphatic carbocycles. The molecule has 1 saturated heterocycles. The molecule has 0 aromatic carbocycles. The largest absolute Gasteiger partial charge is 0.396 e. The van der Waals surface area contributed by atoms with Crippen LogP contribution in [0.3, 0.4) is 0 Å². The molecule has 0 spiro atoms. The van der Waals surface area contributed by atoms with Crippen molar-refractivity contribution in [3.8, 4) is 0 Å². The van der Waals surface area contributed by atoms with E-state index in [1.807, 2.05) is 6.92 Å². The first-order valence-corrected chi connectivity index (χ1v) is 7.81. The molecule has 1 aromatic heterocycles. The van der Waals surface area contributed by atoms with Crippen molar-refractivity contribution in [2.75, 3.05) is 37.7 Å². The summed E-state index contributed by atoms with van der Waals surface area (Å²) in [5.41, 5.74) is 0. The second-order valence-corrected chi connectivity index (χ2v) is 6.76. The maximum absolute atomic E-state index is 9.26. The molecule has 1 unspecified atom stereocenters. The minimum Gasteiger partial charge on any atom is -0.396 e. The third-order valence-electron chi connectivity index (χ3n) is 3.45. The number of aromatic nitrogens is 2. The van der Waals surface area contributed by atoms with Crippen molar-refractivity contribution in [2.45, 2.75) is 33.2 Å². The van der Waals surface area contributed by atoms with E-state index in [9.17, 15) is 5.11 Å². The van der Waals surface area contributed by atoms with Crippen LogP contribution < -0.4 is 4.90 Å². The highest BCUT2D eigenvalue weighted by Crippen LogP contribution is 2.24. The third kappa shape index (κ3) is 3.87. The molecule has 1 aliphatic heterocycles. The van der Waals surface area contributed by atoms with Gasteiger partial charge in [0.2, 0.25) is 5.13 Å². The summed E-state index contributed by atoms with van der Waals surface area (Å²) in [6, 6.07) is 0.422. The summed E-state index contributed by atoms with van der Waals surface area (Å²) in [5.74, 6) is 0.663. The Morgan fingerprint density at radius 3 is 2.74 bits per heavy atom. The molecule has 19 heavy (non-hydrogen) atoms. The molecule has 1 N–H and O–H groups in total. The summed E-state index contributed by atoms with van der Waals surface area (Å²) < 4.78 is 0. The number of hydrogen-bond donors (Lipinski definition) is 1. The Hall–Kier alpha value is -0.720. The van der Waals surface area contributed by atoms with E-state index in [0.717, 1.165) is 42.7 Å². The average Bonchev–Trinajstić information content (AvgIpc) is 2.78. The van der Waals surface area contributed by atoms with Crippen molar-refractivity contribution < 1.29 is 5.11 Å². The fourth-order valence-electron chi connectivity index (χ4n) is 2.61. The van der Waals surface area contributed by atoms with Crippen LogP contribution in [0.1, 0.15) is 25.3 Å². The lowest BCUT2D eigenvalue weighted by atomic mass is 10.1. The number of rotatable bonds is 5. The highest BCUT2D eigenvalue weighted by Gasteiger charge is 2.28. The molecule has 1 atom stereocenters. The highest BCUT2D eigenvalue weighted by molar-refractivity contribution is 7.15. The summed E-state index contributed by atoms with van der Waals surface area (Å²) in [7, 11) is 0. The average molecular weight is 284 g/mol. The van der Waals surface area contributed by atoms with Crippen molar-refractivity contribution in [3.63, 3.8) is 0 Å². The third-order valence-corrected chi connectivity index (χ3v) is 4.35. The van der Waals surface area contributed by atoms with Crippen molar-refractivity contribution in [1.29, 1.82) is 0 Å². The SMILES string of the molecule is Cc1nnc(N2CCN(CC(C)C)C(CCO)C2)s1. The van der Waals surface area contributed by atoms with Crippen molar-refractivity contribution in [1.82, 2.24) is 15.1 Å². The van der Waals surface area contributed by atoms with Gasteiger partial charge in [-0.2, -0.15) is 0 Å². The predicted molar refractivity (Wildman–Crippen MR) is 78.8 cm³/mol. The van der Waals surface area contributed by atoms with Crippen molar-refractivity contribution in [2.24, 2.45) is 5.92 Å². The van der Waals surface area contributed by atoms with Crippen LogP contribution in [0.15, 0.2) is 0 Å². The molecule has 0 amide bonds. The molecule has 2 heterocycles. The van der Waals surface area contributed by atoms with Crippen LogP contribution in [0.25, 0.3) is 0 Å². The summed E-state index contributed by atoms with van der Waals surface area (Å²) in [6.07, 6.45) is 0.834. The molecule has 0 radical (unpaired) electrons. The Bertz CT molecular complexity index is 396. The van der Waals surface area contributed by atoms with Gasteiger partial charge in [-0.3, -0.25) is 4.90 Å². The first-order valence-electron chi connectivity index (χ1n) is 7.00. The van der Waals surface area contributed by atoms with E-state index in [0.29, 0.717) is 12.0 Å². The normalized spacial score (nSPS) is 21.3. The predicted octanol–water partition coefficient (Wildman–Crippen LogP) is 1.38. The van der Waals surface area contributed by atoms with Crippen molar-refractivity contribution in [3.05, 3.63) is 5.01 Å². The zero-order chi connectivity index (χ0) is 13.8. The van der Waals surface area contributed by atoms with Gasteiger partial charge in [-0.05, 0) is 19.3 Å². The van der Waals surface area contributed by atoms with Crippen LogP contribution in [0.2, 0.25) is 0 Å². The van der Waals surface area contributed by atoms with Gasteiger partial charge in [0, 0.05) is 38.8 Å². The molecule has 108 valence electrons. The van der Waals surface area contributed by atoms with Gasteiger partial charge in [-0.15, -0.1) is 10.2 Å². The van der Waals surface area contributed by atoms with E-state index in [4.69, 9.17) is 0 Å². The Morgan fingerprint density at radius 1 is 1.37 bits per heavy atom. The summed E-state index contributed by atoms with van der Waals surface area (Å²) in [4.78, 5) is 4.81. The van der Waals surface area contributed by atoms with Crippen LogP contribution in [-0.2, 0) is 0 Å². The number of aryl methyl sites for hydroxylation is 1. The minimum atomic E-state index is 0.252. The van der Waals surface area contributed by atoms with E-state index in [2.05, 4.69) is 33.8 Å². The number of hydrogen-bond acceptors (Lipinski definition) is 6. The summed E-state index contributed by atoms with van der Waals surface area (Å²) >= 11 is 1.65. The van der Waals surface area contributed by atoms with Gasteiger partial charge in [0.1, 0.15) is 5.01 Å². The second kappa shape index (κ2) is 6.63. The van der Waals surface area contributed by atoms with Crippen LogP contribution in [0, 0.1) is 12.8 Å². The van der Waals surface area contributed by atoms with E-state index in [-0.39, 0.29) is 6.61 Å². The minimum absolute atomic E-state index is 0.252. The van der Waals surface area contributed by atoms with Crippen LogP contribution in [-0.4, -0.2) is 59.0 Å². The molecule has 0 saturated carbocycles. The Morgan fingerprint density at radius 2 is 2.16 bits per heavy atom. The van der Waals surface area contributed by atoms with E-state index < -0.39 is 0 Å². The quantitative estimate of drug-likeness (QED) is 0.885. The highest BCUT2D eigenvalue weighted by atomic mass is 32.1. The number of aliphatic hydroxyl groups excluding tert-OH is 1. The van der Waals surface area contributed by atoms with Gasteiger partial charge >= 0.3 is 0 Å². The number of aliphatic hydroxyl groups is 1. The molecule has 1 aliphatic rings. The lowest BCUT2D eigenvalue weighted by Crippen LogP contribution is -2.54. The standard InChI is InChI=1S/C13H24N4OS/c1-10(2)8-16-5-6-17(9-12(16)4-7-18)13-15-14-11(3)19-13/h10,12,18H,4-9H2,1-3H3. The molecule has 0 bridgehead atoms. The number of nitrogens with zero attached hydrogens (tertiary/aromatic N) is 4. The molecule has 1 aromatic rings. The molecule has 2 rings (SSSR count). The maximum atomic E-state index is 9.26. The van der Waals surface area contributed by atoms with E-state index >= 15 is 0 Å². The molecule has 5 nitrogen and oxygen atoms in total. The van der Waals surface area contributed by atoms with Gasteiger partial charge in [0.15, 0.2) is 0 Å². The van der Waals surface area contributed by atoms with Crippen LogP contribution >= 0.6 is 11.3 Å². The monoisotopic (exact) mass is 284 g/mol. The fourth-order valence-corrected chi connectivity index (χ4v) is 3.34. The van der Waals surface area contributed by atoms with Crippen LogP contribution in [0.5, 0.6) is 0 Å². The first kappa shape index (κ1) is 14.7. The van der Waals surface area contributed by atoms with E-state index in [1.165, 1.54) is 0 Å². The Kier molecular flexibility index (Phi) is 5.13. The summed E-state index contributed by atoms with van der Waals surface area (Å²) in [5, 5.41) is 19.6. The first-order chi connectivity index (χ1) is 9.10. The molecular weight excluding hydrogens is 260 g/mol. The number of anilines is 1. The second-order valence-electron chi connectivity index (χ2n) is 5.60. The van der Waals surface area contributed by atoms with Gasteiger partial charge in [0.25, 0.3) is 0 Å². The maximum Gasteiger partial charge on any atom is 0.208 e. The zero-order valence-electron chi connectivity index (χ0n) is 12.0. The Balaban J connectivity index is 2.01. The van der Waals surface area contributed by atoms with Gasteiger partial charge < -0.3 is 10.0 Å². The lowest BCUT2D eigenvalue weighted by Gasteiger charge is -2.41. The Labute approximate surface area is 119 Å².